The van der Waals surface area contributed by atoms with Crippen LogP contribution in [0.25, 0.3) is 0 Å². The number of aryl methyl sites for hydroxylation is 3. The minimum atomic E-state index is -0.290. The summed E-state index contributed by atoms with van der Waals surface area (Å²) >= 11 is 0. The molecule has 0 bridgehead atoms. The average molecular weight is 362 g/mol. The van der Waals surface area contributed by atoms with Crippen LogP contribution in [0.4, 0.5) is 17.2 Å². The minimum absolute atomic E-state index is 0.250. The van der Waals surface area contributed by atoms with Crippen molar-refractivity contribution >= 4 is 23.1 Å². The number of rotatable bonds is 5. The van der Waals surface area contributed by atoms with Crippen LogP contribution in [0.3, 0.4) is 0 Å². The van der Waals surface area contributed by atoms with Crippen LogP contribution >= 0.6 is 0 Å². The second kappa shape index (κ2) is 7.86. The highest BCUT2D eigenvalue weighted by Crippen LogP contribution is 2.26. The number of anilines is 3. The molecule has 2 N–H and O–H groups in total. The first-order chi connectivity index (χ1) is 13.0. The van der Waals surface area contributed by atoms with Crippen LogP contribution in [-0.2, 0) is 0 Å². The molecule has 0 aliphatic carbocycles. The topological polar surface area (TPSA) is 76.1 Å². The number of aromatic nitrogens is 2. The Bertz CT molecular complexity index is 945. The lowest BCUT2D eigenvalue weighted by Gasteiger charge is -2.13. The number of benzene rings is 2. The lowest BCUT2D eigenvalue weighted by Crippen LogP contribution is -2.16. The van der Waals surface area contributed by atoms with Gasteiger partial charge in [-0.25, -0.2) is 9.97 Å². The van der Waals surface area contributed by atoms with Crippen LogP contribution in [0.1, 0.15) is 27.2 Å². The number of ether oxygens (including phenoxy) is 1. The van der Waals surface area contributed by atoms with E-state index in [1.54, 1.807) is 7.11 Å². The van der Waals surface area contributed by atoms with Gasteiger partial charge in [0.15, 0.2) is 0 Å². The molecule has 3 aromatic rings. The van der Waals surface area contributed by atoms with E-state index in [0.29, 0.717) is 11.6 Å². The highest BCUT2D eigenvalue weighted by atomic mass is 16.5. The predicted molar refractivity (Wildman–Crippen MR) is 107 cm³/mol. The van der Waals surface area contributed by atoms with Gasteiger partial charge in [-0.1, -0.05) is 29.8 Å². The summed E-state index contributed by atoms with van der Waals surface area (Å²) in [5.41, 5.74) is 5.03. The third-order valence-corrected chi connectivity index (χ3v) is 4.17. The van der Waals surface area contributed by atoms with Crippen LogP contribution in [0.5, 0.6) is 5.75 Å². The molecule has 0 spiro atoms. The number of hydrogen-bond donors (Lipinski definition) is 2. The van der Waals surface area contributed by atoms with Gasteiger partial charge in [0.2, 0.25) is 0 Å². The van der Waals surface area contributed by atoms with Gasteiger partial charge in [0.05, 0.1) is 25.2 Å². The lowest BCUT2D eigenvalue weighted by atomic mass is 10.1. The van der Waals surface area contributed by atoms with Crippen molar-refractivity contribution in [3.8, 4) is 5.75 Å². The number of para-hydroxylation sites is 2. The molecule has 0 saturated carbocycles. The van der Waals surface area contributed by atoms with Gasteiger partial charge in [-0.15, -0.1) is 0 Å². The van der Waals surface area contributed by atoms with E-state index >= 15 is 0 Å². The molecule has 0 fully saturated rings. The summed E-state index contributed by atoms with van der Waals surface area (Å²) in [6.45, 7) is 5.98. The zero-order valence-electron chi connectivity index (χ0n) is 15.8. The van der Waals surface area contributed by atoms with Crippen molar-refractivity contribution in [3.05, 3.63) is 71.2 Å². The quantitative estimate of drug-likeness (QED) is 0.703. The van der Waals surface area contributed by atoms with E-state index in [2.05, 4.69) is 20.6 Å². The maximum absolute atomic E-state index is 12.5. The van der Waals surface area contributed by atoms with Crippen molar-refractivity contribution in [2.45, 2.75) is 20.8 Å². The molecule has 0 atom stereocenters. The van der Waals surface area contributed by atoms with Crippen molar-refractivity contribution in [2.24, 2.45) is 0 Å². The monoisotopic (exact) mass is 362 g/mol. The molecule has 0 aliphatic heterocycles. The zero-order chi connectivity index (χ0) is 19.4. The Morgan fingerprint density at radius 1 is 1.00 bits per heavy atom. The zero-order valence-corrected chi connectivity index (χ0v) is 15.8. The molecule has 1 amide bonds. The molecule has 0 saturated heterocycles. The number of methoxy groups -OCH3 is 1. The third-order valence-electron chi connectivity index (χ3n) is 4.17. The van der Waals surface area contributed by atoms with E-state index < -0.39 is 0 Å². The first-order valence-corrected chi connectivity index (χ1v) is 8.59. The number of amides is 1. The maximum Gasteiger partial charge on any atom is 0.275 e. The molecule has 3 rings (SSSR count). The number of nitrogens with one attached hydrogen (secondary N) is 2. The summed E-state index contributed by atoms with van der Waals surface area (Å²) in [4.78, 5) is 21.0. The van der Waals surface area contributed by atoms with Crippen LogP contribution in [0.15, 0.2) is 48.8 Å². The summed E-state index contributed by atoms with van der Waals surface area (Å²) in [6, 6.07) is 11.6. The number of carbonyl (C=O) groups is 1. The molecule has 138 valence electrons. The van der Waals surface area contributed by atoms with Gasteiger partial charge < -0.3 is 15.4 Å². The summed E-state index contributed by atoms with van der Waals surface area (Å²) in [5, 5.41) is 6.06. The van der Waals surface area contributed by atoms with Gasteiger partial charge in [-0.3, -0.25) is 4.79 Å². The van der Waals surface area contributed by atoms with E-state index in [1.807, 2.05) is 57.2 Å². The van der Waals surface area contributed by atoms with Crippen molar-refractivity contribution in [3.63, 3.8) is 0 Å². The molecule has 27 heavy (non-hydrogen) atoms. The Labute approximate surface area is 158 Å². The molecule has 6 heteroatoms. The van der Waals surface area contributed by atoms with E-state index in [9.17, 15) is 4.79 Å². The maximum atomic E-state index is 12.5. The third kappa shape index (κ3) is 4.23. The van der Waals surface area contributed by atoms with E-state index in [-0.39, 0.29) is 11.6 Å². The molecule has 0 aliphatic rings. The van der Waals surface area contributed by atoms with Gasteiger partial charge in [0.1, 0.15) is 17.3 Å². The largest absolute Gasteiger partial charge is 0.495 e. The smallest absolute Gasteiger partial charge is 0.275 e. The fraction of sp³-hybridized carbons (Fsp3) is 0.190. The SMILES string of the molecule is COc1ccccc1Nc1cnc(C(=O)Nc2c(C)cc(C)cc2C)cn1. The molecule has 0 radical (unpaired) electrons. The van der Waals surface area contributed by atoms with Gasteiger partial charge in [-0.05, 0) is 44.0 Å². The Kier molecular flexibility index (Phi) is 5.35. The standard InChI is InChI=1S/C21H22N4O2/c1-13-9-14(2)20(15(3)10-13)25-21(26)17-11-23-19(12-22-17)24-16-7-5-6-8-18(16)27-4/h5-12H,1-4H3,(H,23,24)(H,25,26). The fourth-order valence-electron chi connectivity index (χ4n) is 2.95. The van der Waals surface area contributed by atoms with Crippen LogP contribution in [-0.4, -0.2) is 23.0 Å². The Morgan fingerprint density at radius 2 is 1.70 bits per heavy atom. The lowest BCUT2D eigenvalue weighted by molar-refractivity contribution is 0.102. The normalized spacial score (nSPS) is 10.4. The van der Waals surface area contributed by atoms with Crippen molar-refractivity contribution in [2.75, 3.05) is 17.7 Å². The second-order valence-corrected chi connectivity index (χ2v) is 6.34. The molecule has 1 aromatic heterocycles. The summed E-state index contributed by atoms with van der Waals surface area (Å²) in [5.74, 6) is 0.937. The first-order valence-electron chi connectivity index (χ1n) is 8.59. The van der Waals surface area contributed by atoms with E-state index in [0.717, 1.165) is 28.1 Å². The Balaban J connectivity index is 1.74. The summed E-state index contributed by atoms with van der Waals surface area (Å²) in [6.07, 6.45) is 2.97. The highest BCUT2D eigenvalue weighted by molar-refractivity contribution is 6.03. The Hall–Kier alpha value is -3.41. The minimum Gasteiger partial charge on any atom is -0.495 e. The van der Waals surface area contributed by atoms with E-state index in [4.69, 9.17) is 4.74 Å². The van der Waals surface area contributed by atoms with Gasteiger partial charge in [0, 0.05) is 5.69 Å². The molecule has 2 aromatic carbocycles. The Morgan fingerprint density at radius 3 is 2.33 bits per heavy atom. The molecule has 0 unspecified atom stereocenters. The number of carbonyl (C=O) groups excluding carboxylic acids is 1. The second-order valence-electron chi connectivity index (χ2n) is 6.34. The van der Waals surface area contributed by atoms with E-state index in [1.165, 1.54) is 12.4 Å². The summed E-state index contributed by atoms with van der Waals surface area (Å²) in [7, 11) is 1.61. The molecular weight excluding hydrogens is 340 g/mol. The molecule has 6 nitrogen and oxygen atoms in total. The van der Waals surface area contributed by atoms with Gasteiger partial charge >= 0.3 is 0 Å². The van der Waals surface area contributed by atoms with Crippen LogP contribution < -0.4 is 15.4 Å². The van der Waals surface area contributed by atoms with Gasteiger partial charge in [0.25, 0.3) is 5.91 Å². The number of nitrogens with zero attached hydrogens (tertiary/aromatic N) is 2. The van der Waals surface area contributed by atoms with Gasteiger partial charge in [-0.2, -0.15) is 0 Å². The predicted octanol–water partition coefficient (Wildman–Crippen LogP) is 4.41. The molecular formula is C21H22N4O2. The van der Waals surface area contributed by atoms with Crippen molar-refractivity contribution in [1.29, 1.82) is 0 Å². The number of hydrogen-bond acceptors (Lipinski definition) is 5. The van der Waals surface area contributed by atoms with Crippen molar-refractivity contribution in [1.82, 2.24) is 9.97 Å². The van der Waals surface area contributed by atoms with Crippen LogP contribution in [0.2, 0.25) is 0 Å². The van der Waals surface area contributed by atoms with Crippen molar-refractivity contribution < 1.29 is 9.53 Å². The molecule has 1 heterocycles. The highest BCUT2D eigenvalue weighted by Gasteiger charge is 2.12. The van der Waals surface area contributed by atoms with Crippen LogP contribution in [0, 0.1) is 20.8 Å². The fourth-order valence-corrected chi connectivity index (χ4v) is 2.95. The summed E-state index contributed by atoms with van der Waals surface area (Å²) < 4.78 is 5.30. The average Bonchev–Trinajstić information content (AvgIpc) is 2.65. The first kappa shape index (κ1) is 18.4.